The van der Waals surface area contributed by atoms with Crippen LogP contribution in [0.3, 0.4) is 0 Å². The van der Waals surface area contributed by atoms with Crippen LogP contribution in [0, 0.1) is 13.8 Å². The smallest absolute Gasteiger partial charge is 0.0651 e. The molecule has 0 saturated carbocycles. The molecule has 0 aliphatic heterocycles. The molecule has 1 heterocycles. The van der Waals surface area contributed by atoms with Crippen molar-refractivity contribution in [3.05, 3.63) is 47.3 Å². The van der Waals surface area contributed by atoms with Crippen molar-refractivity contribution in [3.8, 4) is 5.69 Å². The lowest BCUT2D eigenvalue weighted by atomic mass is 9.97. The van der Waals surface area contributed by atoms with Crippen molar-refractivity contribution in [3.63, 3.8) is 0 Å². The van der Waals surface area contributed by atoms with Crippen LogP contribution in [0.25, 0.3) is 5.69 Å². The highest BCUT2D eigenvalue weighted by atomic mass is 15.3. The fourth-order valence-electron chi connectivity index (χ4n) is 2.06. The molecule has 2 N–H and O–H groups in total. The molecule has 0 fully saturated rings. The molecule has 1 aromatic carbocycles. The van der Waals surface area contributed by atoms with Gasteiger partial charge in [0, 0.05) is 16.8 Å². The van der Waals surface area contributed by atoms with E-state index in [4.69, 9.17) is 5.73 Å². The number of nitrogens with two attached hydrogens (primary N) is 1. The number of hydrogen-bond acceptors (Lipinski definition) is 2. The Morgan fingerprint density at radius 1 is 1.24 bits per heavy atom. The van der Waals surface area contributed by atoms with Crippen molar-refractivity contribution in [2.45, 2.75) is 33.2 Å². The molecule has 17 heavy (non-hydrogen) atoms. The van der Waals surface area contributed by atoms with Crippen LogP contribution in [0.5, 0.6) is 0 Å². The van der Waals surface area contributed by atoms with E-state index in [0.717, 1.165) is 16.9 Å². The number of hydrogen-bond donors (Lipinski definition) is 1. The first-order valence-corrected chi connectivity index (χ1v) is 5.80. The average molecular weight is 229 g/mol. The molecule has 2 aromatic rings. The fraction of sp³-hybridized carbons (Fsp3) is 0.357. The first-order valence-electron chi connectivity index (χ1n) is 5.80. The second-order valence-electron chi connectivity index (χ2n) is 5.12. The summed E-state index contributed by atoms with van der Waals surface area (Å²) in [6.07, 6.45) is 1.86. The quantitative estimate of drug-likeness (QED) is 0.860. The van der Waals surface area contributed by atoms with Gasteiger partial charge in [0.05, 0.1) is 11.9 Å². The van der Waals surface area contributed by atoms with Crippen LogP contribution in [0.1, 0.15) is 30.7 Å². The van der Waals surface area contributed by atoms with Gasteiger partial charge >= 0.3 is 0 Å². The van der Waals surface area contributed by atoms with Gasteiger partial charge in [0.2, 0.25) is 0 Å². The van der Waals surface area contributed by atoms with Gasteiger partial charge in [-0.3, -0.25) is 0 Å². The summed E-state index contributed by atoms with van der Waals surface area (Å²) < 4.78 is 1.94. The molecule has 0 saturated heterocycles. The fourth-order valence-corrected chi connectivity index (χ4v) is 2.06. The monoisotopic (exact) mass is 229 g/mol. The van der Waals surface area contributed by atoms with Crippen LogP contribution in [0.15, 0.2) is 30.5 Å². The van der Waals surface area contributed by atoms with E-state index in [9.17, 15) is 0 Å². The van der Waals surface area contributed by atoms with Crippen LogP contribution >= 0.6 is 0 Å². The Morgan fingerprint density at radius 2 is 1.94 bits per heavy atom. The molecule has 90 valence electrons. The van der Waals surface area contributed by atoms with E-state index in [-0.39, 0.29) is 5.54 Å². The van der Waals surface area contributed by atoms with E-state index in [1.807, 2.05) is 30.8 Å². The Kier molecular flexibility index (Phi) is 2.79. The zero-order valence-electron chi connectivity index (χ0n) is 10.9. The minimum atomic E-state index is -0.355. The van der Waals surface area contributed by atoms with E-state index in [2.05, 4.69) is 37.1 Å². The molecule has 0 atom stereocenters. The number of nitrogens with zero attached hydrogens (tertiary/aromatic N) is 2. The third kappa shape index (κ3) is 2.24. The van der Waals surface area contributed by atoms with Gasteiger partial charge in [-0.15, -0.1) is 0 Å². The minimum Gasteiger partial charge on any atom is -0.322 e. The van der Waals surface area contributed by atoms with E-state index in [0.29, 0.717) is 0 Å². The van der Waals surface area contributed by atoms with Gasteiger partial charge in [0.25, 0.3) is 0 Å². The molecule has 3 nitrogen and oxygen atoms in total. The molecular weight excluding hydrogens is 210 g/mol. The zero-order chi connectivity index (χ0) is 12.6. The highest BCUT2D eigenvalue weighted by molar-refractivity contribution is 5.38. The number of benzene rings is 1. The third-order valence-corrected chi connectivity index (χ3v) is 2.95. The highest BCUT2D eigenvalue weighted by Gasteiger charge is 2.20. The van der Waals surface area contributed by atoms with Crippen molar-refractivity contribution in [1.29, 1.82) is 0 Å². The van der Waals surface area contributed by atoms with Crippen molar-refractivity contribution >= 4 is 0 Å². The SMILES string of the molecule is Cc1cccc(-n2ncc(C(C)(C)N)c2C)c1. The van der Waals surface area contributed by atoms with Crippen LogP contribution in [0.4, 0.5) is 0 Å². The van der Waals surface area contributed by atoms with Crippen molar-refractivity contribution in [1.82, 2.24) is 9.78 Å². The Labute approximate surface area is 102 Å². The predicted octanol–water partition coefficient (Wildman–Crippen LogP) is 2.68. The number of rotatable bonds is 2. The summed E-state index contributed by atoms with van der Waals surface area (Å²) in [5, 5.41) is 4.43. The average Bonchev–Trinajstić information content (AvgIpc) is 2.59. The third-order valence-electron chi connectivity index (χ3n) is 2.95. The van der Waals surface area contributed by atoms with Gasteiger partial charge in [0.15, 0.2) is 0 Å². The number of aryl methyl sites for hydroxylation is 1. The maximum atomic E-state index is 6.13. The second-order valence-corrected chi connectivity index (χ2v) is 5.12. The van der Waals surface area contributed by atoms with Crippen LogP contribution in [-0.4, -0.2) is 9.78 Å². The molecular formula is C14H19N3. The van der Waals surface area contributed by atoms with Crippen LogP contribution in [-0.2, 0) is 5.54 Å². The summed E-state index contributed by atoms with van der Waals surface area (Å²) in [4.78, 5) is 0. The van der Waals surface area contributed by atoms with E-state index >= 15 is 0 Å². The maximum absolute atomic E-state index is 6.13. The van der Waals surface area contributed by atoms with Gasteiger partial charge < -0.3 is 5.73 Å². The summed E-state index contributed by atoms with van der Waals surface area (Å²) in [6, 6.07) is 8.29. The topological polar surface area (TPSA) is 43.8 Å². The molecule has 0 unspecified atom stereocenters. The first kappa shape index (κ1) is 11.9. The molecule has 0 radical (unpaired) electrons. The summed E-state index contributed by atoms with van der Waals surface area (Å²) in [5.74, 6) is 0. The highest BCUT2D eigenvalue weighted by Crippen LogP contribution is 2.23. The Hall–Kier alpha value is -1.61. The Bertz CT molecular complexity index is 533. The Balaban J connectivity index is 2.52. The van der Waals surface area contributed by atoms with E-state index < -0.39 is 0 Å². The van der Waals surface area contributed by atoms with Gasteiger partial charge in [0.1, 0.15) is 0 Å². The minimum absolute atomic E-state index is 0.355. The zero-order valence-corrected chi connectivity index (χ0v) is 10.9. The molecule has 0 aliphatic carbocycles. The normalized spacial score (nSPS) is 11.8. The molecule has 2 rings (SSSR count). The first-order chi connectivity index (χ1) is 7.89. The van der Waals surface area contributed by atoms with Gasteiger partial charge in [-0.25, -0.2) is 4.68 Å². The van der Waals surface area contributed by atoms with Crippen molar-refractivity contribution < 1.29 is 0 Å². The van der Waals surface area contributed by atoms with Crippen molar-refractivity contribution in [2.75, 3.05) is 0 Å². The molecule has 0 bridgehead atoms. The second kappa shape index (κ2) is 4.00. The summed E-state index contributed by atoms with van der Waals surface area (Å²) in [6.45, 7) is 8.13. The lowest BCUT2D eigenvalue weighted by Crippen LogP contribution is -2.29. The molecule has 0 spiro atoms. The lowest BCUT2D eigenvalue weighted by Gasteiger charge is -2.18. The predicted molar refractivity (Wildman–Crippen MR) is 70.3 cm³/mol. The van der Waals surface area contributed by atoms with Gasteiger partial charge in [-0.1, -0.05) is 12.1 Å². The van der Waals surface area contributed by atoms with Gasteiger partial charge in [-0.05, 0) is 45.4 Å². The van der Waals surface area contributed by atoms with Gasteiger partial charge in [-0.2, -0.15) is 5.10 Å². The van der Waals surface area contributed by atoms with Crippen molar-refractivity contribution in [2.24, 2.45) is 5.73 Å². The van der Waals surface area contributed by atoms with E-state index in [1.165, 1.54) is 5.56 Å². The molecule has 3 heteroatoms. The standard InChI is InChI=1S/C14H19N3/c1-10-6-5-7-12(8-10)17-11(2)13(9-16-17)14(3,4)15/h5-9H,15H2,1-4H3. The molecule has 0 aliphatic rings. The summed E-state index contributed by atoms with van der Waals surface area (Å²) in [5.41, 5.74) is 10.3. The molecule has 1 aromatic heterocycles. The summed E-state index contributed by atoms with van der Waals surface area (Å²) >= 11 is 0. The Morgan fingerprint density at radius 3 is 2.47 bits per heavy atom. The van der Waals surface area contributed by atoms with E-state index in [1.54, 1.807) is 0 Å². The lowest BCUT2D eigenvalue weighted by molar-refractivity contribution is 0.550. The number of aromatic nitrogens is 2. The van der Waals surface area contributed by atoms with Crippen LogP contribution in [0.2, 0.25) is 0 Å². The largest absolute Gasteiger partial charge is 0.322 e. The maximum Gasteiger partial charge on any atom is 0.0651 e. The summed E-state index contributed by atoms with van der Waals surface area (Å²) in [7, 11) is 0. The van der Waals surface area contributed by atoms with Crippen LogP contribution < -0.4 is 5.73 Å². The molecule has 0 amide bonds.